The van der Waals surface area contributed by atoms with Gasteiger partial charge in [-0.05, 0) is 37.8 Å². The maximum absolute atomic E-state index is 6.05. The number of nitrogens with zero attached hydrogens (tertiary/aromatic N) is 1. The quantitative estimate of drug-likeness (QED) is 0.886. The third-order valence-electron chi connectivity index (χ3n) is 5.29. The zero-order valence-electron chi connectivity index (χ0n) is 13.0. The van der Waals surface area contributed by atoms with Gasteiger partial charge in [0.15, 0.2) is 0 Å². The van der Waals surface area contributed by atoms with Crippen LogP contribution < -0.4 is 5.32 Å². The van der Waals surface area contributed by atoms with Crippen LogP contribution in [0.1, 0.15) is 50.3 Å². The molecule has 1 atom stereocenters. The second kappa shape index (κ2) is 6.99. The smallest absolute Gasteiger partial charge is 0.0931 e. The van der Waals surface area contributed by atoms with Crippen LogP contribution in [0.15, 0.2) is 12.1 Å². The molecule has 1 aliphatic carbocycles. The predicted octanol–water partition coefficient (Wildman–Crippen LogP) is 4.33. The van der Waals surface area contributed by atoms with Crippen molar-refractivity contribution in [1.82, 2.24) is 10.2 Å². The Morgan fingerprint density at radius 3 is 2.81 bits per heavy atom. The largest absolute Gasteiger partial charge is 0.308 e. The van der Waals surface area contributed by atoms with E-state index in [-0.39, 0.29) is 0 Å². The molecule has 1 N–H and O–H groups in total. The molecular formula is C17H27ClN2S. The van der Waals surface area contributed by atoms with Crippen molar-refractivity contribution in [2.75, 3.05) is 19.6 Å². The third-order valence-corrected chi connectivity index (χ3v) is 6.58. The number of hydrogen-bond donors (Lipinski definition) is 1. The van der Waals surface area contributed by atoms with Crippen LogP contribution in [0.4, 0.5) is 0 Å². The lowest BCUT2D eigenvalue weighted by molar-refractivity contribution is 0.0550. The van der Waals surface area contributed by atoms with Crippen LogP contribution >= 0.6 is 22.9 Å². The lowest BCUT2D eigenvalue weighted by Crippen LogP contribution is -2.64. The van der Waals surface area contributed by atoms with Crippen molar-refractivity contribution in [1.29, 1.82) is 0 Å². The molecule has 2 nitrogen and oxygen atoms in total. The fourth-order valence-electron chi connectivity index (χ4n) is 4.00. The van der Waals surface area contributed by atoms with Gasteiger partial charge >= 0.3 is 0 Å². The zero-order chi connectivity index (χ0) is 14.7. The summed E-state index contributed by atoms with van der Waals surface area (Å²) in [6, 6.07) is 4.92. The highest BCUT2D eigenvalue weighted by atomic mass is 35.5. The molecule has 1 unspecified atom stereocenters. The van der Waals surface area contributed by atoms with E-state index in [1.165, 1.54) is 63.0 Å². The molecule has 1 aliphatic heterocycles. The number of nitrogens with one attached hydrogen (secondary N) is 1. The van der Waals surface area contributed by atoms with Crippen molar-refractivity contribution in [2.24, 2.45) is 0 Å². The van der Waals surface area contributed by atoms with Crippen molar-refractivity contribution in [2.45, 2.75) is 63.5 Å². The van der Waals surface area contributed by atoms with Crippen LogP contribution in [-0.2, 0) is 6.42 Å². The highest BCUT2D eigenvalue weighted by Crippen LogP contribution is 2.32. The van der Waals surface area contributed by atoms with Crippen molar-refractivity contribution in [3.05, 3.63) is 21.3 Å². The molecule has 1 aromatic rings. The van der Waals surface area contributed by atoms with E-state index in [9.17, 15) is 0 Å². The van der Waals surface area contributed by atoms with E-state index in [2.05, 4.69) is 23.2 Å². The van der Waals surface area contributed by atoms with Crippen LogP contribution in [0.5, 0.6) is 0 Å². The van der Waals surface area contributed by atoms with Gasteiger partial charge in [0.1, 0.15) is 0 Å². The first kappa shape index (κ1) is 15.8. The average molecular weight is 327 g/mol. The number of halogens is 1. The van der Waals surface area contributed by atoms with Crippen molar-refractivity contribution in [3.8, 4) is 0 Å². The Kier molecular flexibility index (Phi) is 5.26. The number of rotatable bonds is 4. The van der Waals surface area contributed by atoms with Crippen molar-refractivity contribution < 1.29 is 0 Å². The van der Waals surface area contributed by atoms with E-state index >= 15 is 0 Å². The molecule has 0 aromatic carbocycles. The first-order valence-electron chi connectivity index (χ1n) is 8.44. The Balaban J connectivity index is 1.62. The molecule has 0 bridgehead atoms. The number of piperazine rings is 1. The molecule has 1 spiro atoms. The summed E-state index contributed by atoms with van der Waals surface area (Å²) in [5, 5.41) is 3.91. The van der Waals surface area contributed by atoms with E-state index in [4.69, 9.17) is 11.6 Å². The fraction of sp³-hybridized carbons (Fsp3) is 0.765. The molecule has 1 saturated carbocycles. The van der Waals surface area contributed by atoms with Crippen molar-refractivity contribution in [3.63, 3.8) is 0 Å². The summed E-state index contributed by atoms with van der Waals surface area (Å²) in [4.78, 5) is 4.17. The topological polar surface area (TPSA) is 15.3 Å². The van der Waals surface area contributed by atoms with Gasteiger partial charge in [0.25, 0.3) is 0 Å². The SMILES string of the molecule is CCC1CNC2(CCCCC2)CN1CCc1ccc(Cl)s1. The van der Waals surface area contributed by atoms with Crippen LogP contribution in [0.25, 0.3) is 0 Å². The maximum Gasteiger partial charge on any atom is 0.0931 e. The second-order valence-electron chi connectivity index (χ2n) is 6.71. The van der Waals surface area contributed by atoms with Crippen LogP contribution in [-0.4, -0.2) is 36.1 Å². The molecule has 2 aliphatic rings. The Bertz CT molecular complexity index is 453. The Hall–Kier alpha value is -0.0900. The van der Waals surface area contributed by atoms with E-state index < -0.39 is 0 Å². The normalized spacial score (nSPS) is 26.3. The van der Waals surface area contributed by atoms with E-state index in [1.54, 1.807) is 11.3 Å². The summed E-state index contributed by atoms with van der Waals surface area (Å²) in [6.45, 7) is 5.91. The van der Waals surface area contributed by atoms with Gasteiger partial charge in [0.2, 0.25) is 0 Å². The monoisotopic (exact) mass is 326 g/mol. The third kappa shape index (κ3) is 3.82. The predicted molar refractivity (Wildman–Crippen MR) is 92.5 cm³/mol. The molecule has 3 rings (SSSR count). The first-order chi connectivity index (χ1) is 10.2. The summed E-state index contributed by atoms with van der Waals surface area (Å²) in [5.41, 5.74) is 0.414. The zero-order valence-corrected chi connectivity index (χ0v) is 14.6. The van der Waals surface area contributed by atoms with Gasteiger partial charge in [-0.2, -0.15) is 0 Å². The highest BCUT2D eigenvalue weighted by molar-refractivity contribution is 7.16. The van der Waals surface area contributed by atoms with Crippen LogP contribution in [0.3, 0.4) is 0 Å². The standard InChI is InChI=1S/C17H27ClN2S/c1-2-14-12-19-17(9-4-3-5-10-17)13-20(14)11-8-15-6-7-16(18)21-15/h6-7,14,19H,2-5,8-13H2,1H3. The summed E-state index contributed by atoms with van der Waals surface area (Å²) >= 11 is 7.78. The molecule has 0 amide bonds. The molecule has 1 saturated heterocycles. The average Bonchev–Trinajstić information content (AvgIpc) is 2.92. The maximum atomic E-state index is 6.05. The van der Waals surface area contributed by atoms with Crippen molar-refractivity contribution >= 4 is 22.9 Å². The summed E-state index contributed by atoms with van der Waals surface area (Å²) < 4.78 is 0.918. The van der Waals surface area contributed by atoms with Gasteiger partial charge in [-0.15, -0.1) is 11.3 Å². The molecule has 4 heteroatoms. The van der Waals surface area contributed by atoms with Crippen LogP contribution in [0, 0.1) is 0 Å². The molecule has 1 aromatic heterocycles. The first-order valence-corrected chi connectivity index (χ1v) is 9.63. The fourth-order valence-corrected chi connectivity index (χ4v) is 5.08. The Labute approximate surface area is 137 Å². The molecular weight excluding hydrogens is 300 g/mol. The Morgan fingerprint density at radius 2 is 2.14 bits per heavy atom. The lowest BCUT2D eigenvalue weighted by atomic mass is 9.79. The van der Waals surface area contributed by atoms with E-state index in [1.807, 2.05) is 6.07 Å². The summed E-state index contributed by atoms with van der Waals surface area (Å²) in [6.07, 6.45) is 9.35. The van der Waals surface area contributed by atoms with Gasteiger partial charge in [0.05, 0.1) is 4.34 Å². The summed E-state index contributed by atoms with van der Waals surface area (Å²) in [7, 11) is 0. The van der Waals surface area contributed by atoms with Gasteiger partial charge < -0.3 is 5.32 Å². The molecule has 0 radical (unpaired) electrons. The van der Waals surface area contributed by atoms with E-state index in [0.717, 1.165) is 10.8 Å². The summed E-state index contributed by atoms with van der Waals surface area (Å²) in [5.74, 6) is 0. The second-order valence-corrected chi connectivity index (χ2v) is 8.51. The molecule has 2 heterocycles. The molecule has 21 heavy (non-hydrogen) atoms. The molecule has 118 valence electrons. The minimum atomic E-state index is 0.414. The van der Waals surface area contributed by atoms with Gasteiger partial charge in [-0.1, -0.05) is 37.8 Å². The van der Waals surface area contributed by atoms with Gasteiger partial charge in [-0.25, -0.2) is 0 Å². The minimum absolute atomic E-state index is 0.414. The van der Waals surface area contributed by atoms with Crippen LogP contribution in [0.2, 0.25) is 4.34 Å². The minimum Gasteiger partial charge on any atom is -0.308 e. The van der Waals surface area contributed by atoms with Gasteiger partial charge in [0, 0.05) is 36.1 Å². The highest BCUT2D eigenvalue weighted by Gasteiger charge is 2.38. The molecule has 2 fully saturated rings. The lowest BCUT2D eigenvalue weighted by Gasteiger charge is -2.49. The Morgan fingerprint density at radius 1 is 1.33 bits per heavy atom. The number of hydrogen-bond acceptors (Lipinski definition) is 3. The van der Waals surface area contributed by atoms with E-state index in [0.29, 0.717) is 11.6 Å². The number of thiophene rings is 1. The van der Waals surface area contributed by atoms with Gasteiger partial charge in [-0.3, -0.25) is 4.90 Å².